The second kappa shape index (κ2) is 8.81. The molecule has 0 aliphatic rings. The summed E-state index contributed by atoms with van der Waals surface area (Å²) in [6, 6.07) is 11.0. The largest absolute Gasteiger partial charge is 0.378 e. The van der Waals surface area contributed by atoms with Crippen LogP contribution in [-0.4, -0.2) is 40.7 Å². The highest BCUT2D eigenvalue weighted by molar-refractivity contribution is 7.71. The molecule has 3 rings (SSSR count). The summed E-state index contributed by atoms with van der Waals surface area (Å²) in [5.41, 5.74) is 6.24. The van der Waals surface area contributed by atoms with E-state index in [1.807, 2.05) is 42.6 Å². The second-order valence-electron chi connectivity index (χ2n) is 6.18. The fourth-order valence-corrected chi connectivity index (χ4v) is 3.46. The third kappa shape index (κ3) is 4.65. The third-order valence-corrected chi connectivity index (χ3v) is 5.18. The molecule has 8 nitrogen and oxygen atoms in total. The minimum Gasteiger partial charge on any atom is -0.378 e. The van der Waals surface area contributed by atoms with Gasteiger partial charge in [-0.1, -0.05) is 12.1 Å². The van der Waals surface area contributed by atoms with Crippen molar-refractivity contribution < 1.29 is 9.59 Å². The molecule has 10 heteroatoms. The molecule has 0 bridgehead atoms. The molecular formula is C18H20N6O2S2. The Morgan fingerprint density at radius 3 is 2.79 bits per heavy atom. The molecule has 2 aromatic heterocycles. The highest BCUT2D eigenvalue weighted by Crippen LogP contribution is 2.22. The van der Waals surface area contributed by atoms with E-state index in [9.17, 15) is 9.59 Å². The van der Waals surface area contributed by atoms with Gasteiger partial charge < -0.3 is 4.90 Å². The second-order valence-corrected chi connectivity index (χ2v) is 7.51. The van der Waals surface area contributed by atoms with E-state index in [0.29, 0.717) is 22.7 Å². The number of carbonyl (C=O) groups excluding carboxylic acids is 2. The lowest BCUT2D eigenvalue weighted by atomic mass is 10.2. The van der Waals surface area contributed by atoms with Crippen LogP contribution in [0.3, 0.4) is 0 Å². The van der Waals surface area contributed by atoms with E-state index in [-0.39, 0.29) is 18.2 Å². The molecule has 0 fully saturated rings. The van der Waals surface area contributed by atoms with Crippen molar-refractivity contribution in [1.29, 1.82) is 0 Å². The van der Waals surface area contributed by atoms with Crippen molar-refractivity contribution >= 4 is 41.1 Å². The van der Waals surface area contributed by atoms with Crippen LogP contribution in [0, 0.1) is 4.77 Å². The fraction of sp³-hybridized carbons (Fsp3) is 0.222. The monoisotopic (exact) mass is 416 g/mol. The normalized spacial score (nSPS) is 10.5. The summed E-state index contributed by atoms with van der Waals surface area (Å²) in [6.45, 7) is 0.348. The average Bonchev–Trinajstić information content (AvgIpc) is 3.34. The molecular weight excluding hydrogens is 396 g/mol. The number of nitrogens with one attached hydrogen (secondary N) is 3. The molecule has 1 aromatic carbocycles. The van der Waals surface area contributed by atoms with Crippen LogP contribution < -0.4 is 15.8 Å². The Morgan fingerprint density at radius 1 is 1.25 bits per heavy atom. The van der Waals surface area contributed by atoms with Crippen molar-refractivity contribution in [2.45, 2.75) is 13.0 Å². The summed E-state index contributed by atoms with van der Waals surface area (Å²) in [7, 11) is 3.79. The number of carbonyl (C=O) groups is 2. The SMILES string of the molecule is CN(C)c1cccc(C(=O)NNC(=O)CCn2c(-c3cccs3)n[nH]c2=S)c1. The van der Waals surface area contributed by atoms with E-state index >= 15 is 0 Å². The summed E-state index contributed by atoms with van der Waals surface area (Å²) in [5, 5.41) is 8.92. The van der Waals surface area contributed by atoms with E-state index in [0.717, 1.165) is 10.6 Å². The molecule has 2 heterocycles. The first kappa shape index (κ1) is 19.8. The maximum Gasteiger partial charge on any atom is 0.269 e. The zero-order chi connectivity index (χ0) is 20.1. The molecule has 3 aromatic rings. The predicted molar refractivity (Wildman–Crippen MR) is 112 cm³/mol. The maximum atomic E-state index is 12.2. The Balaban J connectivity index is 1.56. The number of amides is 2. The number of thiophene rings is 1. The maximum absolute atomic E-state index is 12.2. The smallest absolute Gasteiger partial charge is 0.269 e. The van der Waals surface area contributed by atoms with Gasteiger partial charge in [0.15, 0.2) is 10.6 Å². The molecule has 0 saturated carbocycles. The van der Waals surface area contributed by atoms with Crippen LogP contribution in [0.15, 0.2) is 41.8 Å². The Morgan fingerprint density at radius 2 is 2.07 bits per heavy atom. The van der Waals surface area contributed by atoms with Gasteiger partial charge >= 0.3 is 0 Å². The van der Waals surface area contributed by atoms with Crippen LogP contribution in [0.2, 0.25) is 0 Å². The van der Waals surface area contributed by atoms with Gasteiger partial charge in [-0.3, -0.25) is 30.1 Å². The van der Waals surface area contributed by atoms with Crippen molar-refractivity contribution in [3.8, 4) is 10.7 Å². The standard InChI is InChI=1S/C18H20N6O2S2/c1-23(2)13-6-3-5-12(11-13)17(26)21-19-15(25)8-9-24-16(20-22-18(24)27)14-7-4-10-28-14/h3-7,10-11H,8-9H2,1-2H3,(H,19,25)(H,21,26)(H,22,27). The van der Waals surface area contributed by atoms with Gasteiger partial charge in [-0.15, -0.1) is 11.3 Å². The van der Waals surface area contributed by atoms with Crippen molar-refractivity contribution in [2.24, 2.45) is 0 Å². The van der Waals surface area contributed by atoms with Crippen molar-refractivity contribution in [3.63, 3.8) is 0 Å². The summed E-state index contributed by atoms with van der Waals surface area (Å²) in [6.07, 6.45) is 0.143. The topological polar surface area (TPSA) is 95.1 Å². The number of rotatable bonds is 6. The lowest BCUT2D eigenvalue weighted by Crippen LogP contribution is -2.41. The first-order valence-corrected chi connectivity index (χ1v) is 9.80. The van der Waals surface area contributed by atoms with Gasteiger partial charge in [0.2, 0.25) is 5.91 Å². The molecule has 3 N–H and O–H groups in total. The van der Waals surface area contributed by atoms with E-state index in [1.165, 1.54) is 0 Å². The third-order valence-electron chi connectivity index (χ3n) is 4.00. The van der Waals surface area contributed by atoms with Gasteiger partial charge in [-0.05, 0) is 41.9 Å². The first-order valence-electron chi connectivity index (χ1n) is 8.51. The Kier molecular flexibility index (Phi) is 6.22. The number of hydrogen-bond donors (Lipinski definition) is 3. The highest BCUT2D eigenvalue weighted by Gasteiger charge is 2.12. The van der Waals surface area contributed by atoms with Gasteiger partial charge in [0, 0.05) is 38.3 Å². The average molecular weight is 417 g/mol. The van der Waals surface area contributed by atoms with E-state index in [1.54, 1.807) is 34.1 Å². The molecule has 28 heavy (non-hydrogen) atoms. The number of nitrogens with zero attached hydrogens (tertiary/aromatic N) is 3. The number of benzene rings is 1. The van der Waals surface area contributed by atoms with Gasteiger partial charge in [-0.2, -0.15) is 5.10 Å². The number of hydrazine groups is 1. The van der Waals surface area contributed by atoms with Crippen LogP contribution in [0.1, 0.15) is 16.8 Å². The van der Waals surface area contributed by atoms with Crippen LogP contribution in [-0.2, 0) is 11.3 Å². The molecule has 146 valence electrons. The van der Waals surface area contributed by atoms with Crippen LogP contribution in [0.4, 0.5) is 5.69 Å². The van der Waals surface area contributed by atoms with E-state index in [4.69, 9.17) is 12.2 Å². The first-order chi connectivity index (χ1) is 13.5. The molecule has 0 radical (unpaired) electrons. The Labute approximate surface area is 171 Å². The molecule has 0 atom stereocenters. The van der Waals surface area contributed by atoms with E-state index in [2.05, 4.69) is 21.0 Å². The lowest BCUT2D eigenvalue weighted by Gasteiger charge is -2.13. The number of aromatic nitrogens is 3. The van der Waals surface area contributed by atoms with Crippen LogP contribution >= 0.6 is 23.6 Å². The highest BCUT2D eigenvalue weighted by atomic mass is 32.1. The quantitative estimate of drug-likeness (QED) is 0.424. The molecule has 0 unspecified atom stereocenters. The van der Waals surface area contributed by atoms with Crippen molar-refractivity contribution in [3.05, 3.63) is 52.1 Å². The van der Waals surface area contributed by atoms with Crippen molar-refractivity contribution in [1.82, 2.24) is 25.6 Å². The summed E-state index contributed by atoms with van der Waals surface area (Å²) < 4.78 is 2.21. The predicted octanol–water partition coefficient (Wildman–Crippen LogP) is 2.59. The summed E-state index contributed by atoms with van der Waals surface area (Å²) in [5.74, 6) is -0.00840. The molecule has 0 spiro atoms. The van der Waals surface area contributed by atoms with Gasteiger partial charge in [0.05, 0.1) is 4.88 Å². The summed E-state index contributed by atoms with van der Waals surface area (Å²) in [4.78, 5) is 27.2. The molecule has 0 aliphatic heterocycles. The minimum absolute atomic E-state index is 0.143. The van der Waals surface area contributed by atoms with Gasteiger partial charge in [0.25, 0.3) is 5.91 Å². The molecule has 2 amide bonds. The van der Waals surface area contributed by atoms with E-state index < -0.39 is 0 Å². The minimum atomic E-state index is -0.378. The zero-order valence-electron chi connectivity index (χ0n) is 15.4. The zero-order valence-corrected chi connectivity index (χ0v) is 17.1. The fourth-order valence-electron chi connectivity index (χ4n) is 2.52. The van der Waals surface area contributed by atoms with Gasteiger partial charge in [0.1, 0.15) is 0 Å². The number of anilines is 1. The lowest BCUT2D eigenvalue weighted by molar-refractivity contribution is -0.122. The Hall–Kier alpha value is -2.98. The van der Waals surface area contributed by atoms with Crippen LogP contribution in [0.25, 0.3) is 10.7 Å². The molecule has 0 aliphatic carbocycles. The molecule has 0 saturated heterocycles. The Bertz CT molecular complexity index is 1020. The number of hydrogen-bond acceptors (Lipinski definition) is 6. The number of aromatic amines is 1. The summed E-state index contributed by atoms with van der Waals surface area (Å²) >= 11 is 6.79. The van der Waals surface area contributed by atoms with Crippen LogP contribution in [0.5, 0.6) is 0 Å². The number of H-pyrrole nitrogens is 1. The van der Waals surface area contributed by atoms with Crippen molar-refractivity contribution in [2.75, 3.05) is 19.0 Å². The van der Waals surface area contributed by atoms with Gasteiger partial charge in [-0.25, -0.2) is 0 Å².